The van der Waals surface area contributed by atoms with Crippen molar-refractivity contribution in [2.24, 2.45) is 0 Å². The number of rotatable bonds is 5. The molecule has 0 atom stereocenters. The summed E-state index contributed by atoms with van der Waals surface area (Å²) in [5, 5.41) is 15.7. The van der Waals surface area contributed by atoms with Gasteiger partial charge in [0.2, 0.25) is 0 Å². The lowest BCUT2D eigenvalue weighted by molar-refractivity contribution is 0.477. The Kier molecular flexibility index (Phi) is 7.46. The highest BCUT2D eigenvalue weighted by Gasteiger charge is 2.24. The van der Waals surface area contributed by atoms with Crippen LogP contribution < -0.4 is 0 Å². The van der Waals surface area contributed by atoms with Crippen LogP contribution in [0.5, 0.6) is 5.75 Å². The fraction of sp³-hybridized carbons (Fsp3) is 0.0800. The minimum Gasteiger partial charge on any atom is -0.507 e. The van der Waals surface area contributed by atoms with E-state index in [1.807, 2.05) is 36.5 Å². The zero-order valence-electron chi connectivity index (χ0n) is 30.8. The standard InChI is InChI=1S/C50H37N3O2/c1-50(2,3)35-24-25-40(39(30-35)31-13-5-4-6-14-31)53-41-21-12-20-37(48(41)52-49(53)38-19-9-10-22-42(38)54)33-16-11-17-34(29-33)47-46-44(27-28-51-47)55-43-26-23-32-15-7-8-18-36(32)45(43)46/h4-30,54H,1-3H3. The lowest BCUT2D eigenvalue weighted by Gasteiger charge is -2.23. The van der Waals surface area contributed by atoms with Gasteiger partial charge in [0.25, 0.3) is 0 Å². The number of para-hydroxylation sites is 2. The Labute approximate surface area is 318 Å². The Hall–Kier alpha value is -6.98. The first-order valence-corrected chi connectivity index (χ1v) is 18.6. The number of pyridine rings is 1. The van der Waals surface area contributed by atoms with Gasteiger partial charge >= 0.3 is 0 Å². The van der Waals surface area contributed by atoms with Crippen LogP contribution in [-0.4, -0.2) is 19.6 Å². The van der Waals surface area contributed by atoms with Crippen LogP contribution >= 0.6 is 0 Å². The molecule has 0 spiro atoms. The predicted octanol–water partition coefficient (Wildman–Crippen LogP) is 13.1. The lowest BCUT2D eigenvalue weighted by atomic mass is 9.85. The van der Waals surface area contributed by atoms with Crippen LogP contribution in [0.3, 0.4) is 0 Å². The Bertz CT molecular complexity index is 3090. The largest absolute Gasteiger partial charge is 0.507 e. The molecule has 0 saturated carbocycles. The van der Waals surface area contributed by atoms with Crippen LogP contribution in [0.1, 0.15) is 26.3 Å². The van der Waals surface area contributed by atoms with Crippen LogP contribution in [-0.2, 0) is 5.41 Å². The number of aromatic hydroxyl groups is 1. The molecule has 55 heavy (non-hydrogen) atoms. The molecule has 5 nitrogen and oxygen atoms in total. The minimum absolute atomic E-state index is 0.0488. The van der Waals surface area contributed by atoms with E-state index in [1.54, 1.807) is 6.07 Å². The molecule has 0 aliphatic carbocycles. The Morgan fingerprint density at radius 1 is 0.582 bits per heavy atom. The summed E-state index contributed by atoms with van der Waals surface area (Å²) in [4.78, 5) is 10.4. The minimum atomic E-state index is -0.0488. The second-order valence-corrected chi connectivity index (χ2v) is 15.2. The van der Waals surface area contributed by atoms with Gasteiger partial charge in [0.15, 0.2) is 0 Å². The summed E-state index contributed by atoms with van der Waals surface area (Å²) in [7, 11) is 0. The highest BCUT2D eigenvalue weighted by molar-refractivity contribution is 6.22. The van der Waals surface area contributed by atoms with Gasteiger partial charge in [0.1, 0.15) is 22.7 Å². The quantitative estimate of drug-likeness (QED) is 0.193. The molecule has 7 aromatic carbocycles. The summed E-state index contributed by atoms with van der Waals surface area (Å²) in [6.45, 7) is 6.72. The molecular formula is C50H37N3O2. The molecule has 1 N–H and O–H groups in total. The molecule has 10 rings (SSSR count). The van der Waals surface area contributed by atoms with E-state index >= 15 is 0 Å². The maximum Gasteiger partial charge on any atom is 0.149 e. The van der Waals surface area contributed by atoms with Crippen molar-refractivity contribution >= 4 is 43.7 Å². The molecule has 3 aromatic heterocycles. The average Bonchev–Trinajstić information content (AvgIpc) is 3.80. The fourth-order valence-corrected chi connectivity index (χ4v) is 8.00. The SMILES string of the molecule is CC(C)(C)c1ccc(-n2c(-c3ccccc3O)nc3c(-c4cccc(-c5nccc6oc7ccc8ccccc8c7c56)c4)cccc32)c(-c2ccccc2)c1. The second-order valence-electron chi connectivity index (χ2n) is 15.2. The molecule has 0 aliphatic heterocycles. The van der Waals surface area contributed by atoms with E-state index in [1.165, 1.54) is 5.56 Å². The first kappa shape index (κ1) is 32.7. The average molecular weight is 712 g/mol. The number of benzene rings is 7. The van der Waals surface area contributed by atoms with Gasteiger partial charge in [-0.3, -0.25) is 9.55 Å². The number of nitrogens with zero attached hydrogens (tertiary/aromatic N) is 3. The maximum absolute atomic E-state index is 11.3. The first-order valence-electron chi connectivity index (χ1n) is 18.6. The molecule has 0 aliphatic rings. The summed E-state index contributed by atoms with van der Waals surface area (Å²) in [5.74, 6) is 0.842. The summed E-state index contributed by atoms with van der Waals surface area (Å²) in [6.07, 6.45) is 1.82. The molecule has 0 unspecified atom stereocenters. The van der Waals surface area contributed by atoms with Crippen molar-refractivity contribution in [3.63, 3.8) is 0 Å². The molecule has 0 saturated heterocycles. The van der Waals surface area contributed by atoms with Crippen molar-refractivity contribution in [3.05, 3.63) is 169 Å². The monoisotopic (exact) mass is 711 g/mol. The van der Waals surface area contributed by atoms with E-state index in [0.717, 1.165) is 82.9 Å². The van der Waals surface area contributed by atoms with Gasteiger partial charge in [0.05, 0.1) is 33.4 Å². The van der Waals surface area contributed by atoms with Crippen LogP contribution in [0.15, 0.2) is 168 Å². The fourth-order valence-electron chi connectivity index (χ4n) is 8.00. The van der Waals surface area contributed by atoms with Crippen molar-refractivity contribution in [2.45, 2.75) is 26.2 Å². The number of fused-ring (bicyclic) bond motifs is 6. The molecule has 10 aromatic rings. The summed E-state index contributed by atoms with van der Waals surface area (Å²) in [6, 6.07) is 54.1. The maximum atomic E-state index is 11.3. The molecular weight excluding hydrogens is 675 g/mol. The van der Waals surface area contributed by atoms with E-state index in [4.69, 9.17) is 14.4 Å². The number of hydrogen-bond donors (Lipinski definition) is 1. The third-order valence-electron chi connectivity index (χ3n) is 10.7. The van der Waals surface area contributed by atoms with Gasteiger partial charge in [-0.2, -0.15) is 0 Å². The van der Waals surface area contributed by atoms with E-state index in [9.17, 15) is 5.11 Å². The highest BCUT2D eigenvalue weighted by Crippen LogP contribution is 2.43. The number of phenols is 1. The van der Waals surface area contributed by atoms with E-state index in [0.29, 0.717) is 11.4 Å². The van der Waals surface area contributed by atoms with E-state index < -0.39 is 0 Å². The lowest BCUT2D eigenvalue weighted by Crippen LogP contribution is -2.12. The van der Waals surface area contributed by atoms with Gasteiger partial charge in [-0.05, 0) is 81.4 Å². The molecule has 5 heteroatoms. The van der Waals surface area contributed by atoms with Crippen molar-refractivity contribution in [3.8, 4) is 56.3 Å². The Balaban J connectivity index is 1.22. The van der Waals surface area contributed by atoms with E-state index in [2.05, 4.69) is 147 Å². The number of phenolic OH excluding ortho intramolecular Hbond substituents is 1. The topological polar surface area (TPSA) is 64.1 Å². The zero-order chi connectivity index (χ0) is 37.3. The molecule has 0 bridgehead atoms. The number of aromatic nitrogens is 3. The van der Waals surface area contributed by atoms with Crippen LogP contribution in [0.2, 0.25) is 0 Å². The molecule has 264 valence electrons. The van der Waals surface area contributed by atoms with Crippen molar-refractivity contribution in [2.75, 3.05) is 0 Å². The second kappa shape index (κ2) is 12.6. The van der Waals surface area contributed by atoms with Gasteiger partial charge in [0, 0.05) is 28.3 Å². The van der Waals surface area contributed by atoms with Crippen LogP contribution in [0.4, 0.5) is 0 Å². The molecule has 0 fully saturated rings. The van der Waals surface area contributed by atoms with Crippen LogP contribution in [0.25, 0.3) is 94.3 Å². The number of hydrogen-bond acceptors (Lipinski definition) is 4. The Morgan fingerprint density at radius 2 is 1.31 bits per heavy atom. The van der Waals surface area contributed by atoms with Crippen LogP contribution in [0, 0.1) is 0 Å². The molecule has 3 heterocycles. The number of imidazole rings is 1. The molecule has 0 radical (unpaired) electrons. The van der Waals surface area contributed by atoms with Crippen molar-refractivity contribution in [1.82, 2.24) is 14.5 Å². The van der Waals surface area contributed by atoms with Gasteiger partial charge in [-0.25, -0.2) is 4.98 Å². The normalized spacial score (nSPS) is 12.0. The van der Waals surface area contributed by atoms with Gasteiger partial charge < -0.3 is 9.52 Å². The third-order valence-corrected chi connectivity index (χ3v) is 10.7. The first-order chi connectivity index (χ1) is 26.8. The summed E-state index contributed by atoms with van der Waals surface area (Å²) in [5.41, 5.74) is 12.3. The van der Waals surface area contributed by atoms with Gasteiger partial charge in [-0.15, -0.1) is 0 Å². The highest BCUT2D eigenvalue weighted by atomic mass is 16.3. The summed E-state index contributed by atoms with van der Waals surface area (Å²) >= 11 is 0. The molecule has 0 amide bonds. The summed E-state index contributed by atoms with van der Waals surface area (Å²) < 4.78 is 8.60. The zero-order valence-corrected chi connectivity index (χ0v) is 30.8. The van der Waals surface area contributed by atoms with E-state index in [-0.39, 0.29) is 11.2 Å². The van der Waals surface area contributed by atoms with Crippen molar-refractivity contribution < 1.29 is 9.52 Å². The smallest absolute Gasteiger partial charge is 0.149 e. The van der Waals surface area contributed by atoms with Crippen molar-refractivity contribution in [1.29, 1.82) is 0 Å². The van der Waals surface area contributed by atoms with Gasteiger partial charge in [-0.1, -0.05) is 130 Å². The number of furan rings is 1. The predicted molar refractivity (Wildman–Crippen MR) is 226 cm³/mol. The Morgan fingerprint density at radius 3 is 2.16 bits per heavy atom. The third kappa shape index (κ3) is 5.39.